The molecule has 0 aliphatic heterocycles. The van der Waals surface area contributed by atoms with Crippen LogP contribution in [-0.2, 0) is 6.54 Å². The van der Waals surface area contributed by atoms with Crippen LogP contribution in [0.1, 0.15) is 36.4 Å². The van der Waals surface area contributed by atoms with Crippen LogP contribution in [0, 0.1) is 6.92 Å². The van der Waals surface area contributed by atoms with Crippen molar-refractivity contribution < 1.29 is 0 Å². The largest absolute Gasteiger partial charge is 0.317 e. The van der Waals surface area contributed by atoms with Crippen molar-refractivity contribution in [3.63, 3.8) is 0 Å². The maximum Gasteiger partial charge on any atom is 0.107 e. The average Bonchev–Trinajstić information content (AvgIpc) is 2.75. The van der Waals surface area contributed by atoms with E-state index in [1.54, 1.807) is 11.3 Å². The van der Waals surface area contributed by atoms with Crippen LogP contribution in [0.2, 0.25) is 0 Å². The van der Waals surface area contributed by atoms with E-state index in [2.05, 4.69) is 41.6 Å². The van der Waals surface area contributed by atoms with Crippen LogP contribution >= 0.6 is 11.3 Å². The molecule has 0 amide bonds. The van der Waals surface area contributed by atoms with Crippen LogP contribution in [0.25, 0.3) is 0 Å². The maximum atomic E-state index is 4.54. The standard InChI is InChI=1S/C13H23N3S/c1-10-9-17-13(15-10)8-16(3)12-6-4-11(14-2)5-7-12/h9,11-12,14H,4-8H2,1-3H3. The third-order valence-corrected chi connectivity index (χ3v) is 4.73. The smallest absolute Gasteiger partial charge is 0.107 e. The summed E-state index contributed by atoms with van der Waals surface area (Å²) in [5.41, 5.74) is 1.15. The summed E-state index contributed by atoms with van der Waals surface area (Å²) in [4.78, 5) is 7.02. The molecular formula is C13H23N3S. The highest BCUT2D eigenvalue weighted by Gasteiger charge is 2.23. The molecule has 17 heavy (non-hydrogen) atoms. The Balaban J connectivity index is 1.82. The Labute approximate surface area is 108 Å². The molecule has 0 spiro atoms. The minimum atomic E-state index is 0.738. The van der Waals surface area contributed by atoms with Crippen LogP contribution in [0.4, 0.5) is 0 Å². The monoisotopic (exact) mass is 253 g/mol. The van der Waals surface area contributed by atoms with Crippen LogP contribution in [0.5, 0.6) is 0 Å². The highest BCUT2D eigenvalue weighted by Crippen LogP contribution is 2.23. The zero-order chi connectivity index (χ0) is 12.3. The van der Waals surface area contributed by atoms with Crippen molar-refractivity contribution in [3.8, 4) is 0 Å². The third-order valence-electron chi connectivity index (χ3n) is 3.78. The van der Waals surface area contributed by atoms with Crippen molar-refractivity contribution in [1.82, 2.24) is 15.2 Å². The number of aromatic nitrogens is 1. The third kappa shape index (κ3) is 3.50. The van der Waals surface area contributed by atoms with Crippen molar-refractivity contribution >= 4 is 11.3 Å². The van der Waals surface area contributed by atoms with Gasteiger partial charge in [0.1, 0.15) is 5.01 Å². The van der Waals surface area contributed by atoms with E-state index in [0.29, 0.717) is 0 Å². The zero-order valence-electron chi connectivity index (χ0n) is 11.1. The van der Waals surface area contributed by atoms with Gasteiger partial charge in [0.25, 0.3) is 0 Å². The predicted octanol–water partition coefficient (Wildman–Crippen LogP) is 2.41. The second kappa shape index (κ2) is 5.94. The fourth-order valence-electron chi connectivity index (χ4n) is 2.62. The Hall–Kier alpha value is -0.450. The van der Waals surface area contributed by atoms with E-state index >= 15 is 0 Å². The zero-order valence-corrected chi connectivity index (χ0v) is 11.9. The van der Waals surface area contributed by atoms with Crippen molar-refractivity contribution in [1.29, 1.82) is 0 Å². The van der Waals surface area contributed by atoms with Gasteiger partial charge < -0.3 is 5.32 Å². The first-order chi connectivity index (χ1) is 8.19. The number of nitrogens with one attached hydrogen (secondary N) is 1. The van der Waals surface area contributed by atoms with E-state index in [-0.39, 0.29) is 0 Å². The first kappa shape index (κ1) is 13.0. The molecule has 1 heterocycles. The van der Waals surface area contributed by atoms with E-state index < -0.39 is 0 Å². The average molecular weight is 253 g/mol. The Kier molecular flexibility index (Phi) is 4.54. The predicted molar refractivity (Wildman–Crippen MR) is 73.4 cm³/mol. The van der Waals surface area contributed by atoms with E-state index in [1.165, 1.54) is 30.7 Å². The molecule has 4 heteroatoms. The molecule has 0 unspecified atom stereocenters. The van der Waals surface area contributed by atoms with Gasteiger partial charge in [-0.25, -0.2) is 4.98 Å². The second-order valence-corrected chi connectivity index (χ2v) is 6.03. The van der Waals surface area contributed by atoms with Gasteiger partial charge in [0.15, 0.2) is 0 Å². The molecule has 96 valence electrons. The Morgan fingerprint density at radius 2 is 2.12 bits per heavy atom. The highest BCUT2D eigenvalue weighted by molar-refractivity contribution is 7.09. The fourth-order valence-corrected chi connectivity index (χ4v) is 3.46. The lowest BCUT2D eigenvalue weighted by Gasteiger charge is -2.34. The van der Waals surface area contributed by atoms with Crippen LogP contribution < -0.4 is 5.32 Å². The SMILES string of the molecule is CNC1CCC(N(C)Cc2nc(C)cs2)CC1. The summed E-state index contributed by atoms with van der Waals surface area (Å²) < 4.78 is 0. The summed E-state index contributed by atoms with van der Waals surface area (Å²) >= 11 is 1.78. The molecule has 1 fully saturated rings. The van der Waals surface area contributed by atoms with Gasteiger partial charge in [-0.2, -0.15) is 0 Å². The molecule has 1 aliphatic carbocycles. The fraction of sp³-hybridized carbons (Fsp3) is 0.769. The number of rotatable bonds is 4. The molecular weight excluding hydrogens is 230 g/mol. The summed E-state index contributed by atoms with van der Waals surface area (Å²) in [6.07, 6.45) is 5.24. The van der Waals surface area contributed by atoms with Gasteiger partial charge >= 0.3 is 0 Å². The van der Waals surface area contributed by atoms with Crippen LogP contribution in [0.15, 0.2) is 5.38 Å². The molecule has 0 radical (unpaired) electrons. The van der Waals surface area contributed by atoms with Gasteiger partial charge in [0, 0.05) is 23.2 Å². The van der Waals surface area contributed by atoms with Crippen molar-refractivity contribution in [3.05, 3.63) is 16.1 Å². The minimum Gasteiger partial charge on any atom is -0.317 e. The van der Waals surface area contributed by atoms with Gasteiger partial charge in [-0.15, -0.1) is 11.3 Å². The molecule has 0 bridgehead atoms. The summed E-state index contributed by atoms with van der Waals surface area (Å²) in [5, 5.41) is 6.78. The molecule has 0 aromatic carbocycles. The lowest BCUT2D eigenvalue weighted by molar-refractivity contribution is 0.170. The van der Waals surface area contributed by atoms with Gasteiger partial charge in [0.05, 0.1) is 6.54 Å². The lowest BCUT2D eigenvalue weighted by Crippen LogP contribution is -2.39. The highest BCUT2D eigenvalue weighted by atomic mass is 32.1. The van der Waals surface area contributed by atoms with Crippen molar-refractivity contribution in [2.45, 2.75) is 51.2 Å². The molecule has 0 saturated heterocycles. The van der Waals surface area contributed by atoms with Crippen LogP contribution in [-0.4, -0.2) is 36.1 Å². The molecule has 0 atom stereocenters. The van der Waals surface area contributed by atoms with Crippen molar-refractivity contribution in [2.24, 2.45) is 0 Å². The molecule has 1 saturated carbocycles. The first-order valence-electron chi connectivity index (χ1n) is 6.47. The number of hydrogen-bond acceptors (Lipinski definition) is 4. The molecule has 1 N–H and O–H groups in total. The first-order valence-corrected chi connectivity index (χ1v) is 7.35. The van der Waals surface area contributed by atoms with Gasteiger partial charge in [0.2, 0.25) is 0 Å². The Morgan fingerprint density at radius 3 is 2.65 bits per heavy atom. The van der Waals surface area contributed by atoms with E-state index in [0.717, 1.165) is 24.3 Å². The normalized spacial score (nSPS) is 25.4. The van der Waals surface area contributed by atoms with Gasteiger partial charge in [-0.1, -0.05) is 0 Å². The van der Waals surface area contributed by atoms with E-state index in [4.69, 9.17) is 0 Å². The van der Waals surface area contributed by atoms with Gasteiger partial charge in [-0.05, 0) is 46.7 Å². The second-order valence-electron chi connectivity index (χ2n) is 5.09. The lowest BCUT2D eigenvalue weighted by atomic mass is 9.90. The summed E-state index contributed by atoms with van der Waals surface area (Å²) in [5.74, 6) is 0. The van der Waals surface area contributed by atoms with E-state index in [9.17, 15) is 0 Å². The molecule has 1 aromatic rings. The number of nitrogens with zero attached hydrogens (tertiary/aromatic N) is 2. The maximum absolute atomic E-state index is 4.54. The molecule has 1 aromatic heterocycles. The van der Waals surface area contributed by atoms with E-state index in [1.807, 2.05) is 0 Å². The number of thiazole rings is 1. The Morgan fingerprint density at radius 1 is 1.41 bits per heavy atom. The van der Waals surface area contributed by atoms with Crippen LogP contribution in [0.3, 0.4) is 0 Å². The molecule has 2 rings (SSSR count). The summed E-state index contributed by atoms with van der Waals surface area (Å²) in [6, 6.07) is 1.48. The number of aryl methyl sites for hydroxylation is 1. The van der Waals surface area contributed by atoms with Gasteiger partial charge in [-0.3, -0.25) is 4.90 Å². The number of hydrogen-bond donors (Lipinski definition) is 1. The van der Waals surface area contributed by atoms with Crippen molar-refractivity contribution in [2.75, 3.05) is 14.1 Å². The quantitative estimate of drug-likeness (QED) is 0.893. The minimum absolute atomic E-state index is 0.738. The summed E-state index contributed by atoms with van der Waals surface area (Å²) in [7, 11) is 4.31. The summed E-state index contributed by atoms with van der Waals surface area (Å²) in [6.45, 7) is 3.07. The molecule has 3 nitrogen and oxygen atoms in total. The topological polar surface area (TPSA) is 28.2 Å². The molecule has 1 aliphatic rings. The Bertz CT molecular complexity index is 342.